The minimum absolute atomic E-state index is 0.0560. The van der Waals surface area contributed by atoms with Gasteiger partial charge in [-0.05, 0) is 108 Å². The Hall–Kier alpha value is -3.15. The highest BCUT2D eigenvalue weighted by atomic mass is 35.5. The van der Waals surface area contributed by atoms with E-state index in [4.69, 9.17) is 51.5 Å². The topological polar surface area (TPSA) is 157 Å². The number of benzene rings is 2. The molecule has 5 N–H and O–H groups in total. The standard InChI is InChI=1S/C19H22Cl2FN3O2S.C15H11Cl2FN2O2.C4H11NOS/c1-19(2,3)28(27)24-14-8-6-11-15(14)17(21)25(4)16(11)18(26)23-10-5-7-13(22)12(20)9-10;1-20-13(8-3-5-11(21)12(8)14(20)17)15(22)19-7-2-4-10(18)9(16)6-7;1-4(2,3)7(5)6/h5,7,9,14,24H,6,8H2,1-4H3,(H,23,26);2,4,6H,3,5H2,1H3,(H,19,22);5H2,1-3H3. The van der Waals surface area contributed by atoms with Crippen LogP contribution < -0.4 is 20.5 Å². The Kier molecular flexibility index (Phi) is 15.0. The molecule has 2 aliphatic carbocycles. The maximum Gasteiger partial charge on any atom is 0.272 e. The van der Waals surface area contributed by atoms with Gasteiger partial charge in [0.2, 0.25) is 0 Å². The Balaban J connectivity index is 0.000000221. The largest absolute Gasteiger partial charge is 0.330 e. The van der Waals surface area contributed by atoms with Crippen molar-refractivity contribution in [1.29, 1.82) is 0 Å². The summed E-state index contributed by atoms with van der Waals surface area (Å²) >= 11 is 24.1. The third-order valence-electron chi connectivity index (χ3n) is 8.99. The number of carbonyl (C=O) groups is 3. The summed E-state index contributed by atoms with van der Waals surface area (Å²) in [6.45, 7) is 11.2. The quantitative estimate of drug-likeness (QED) is 0.152. The van der Waals surface area contributed by atoms with Gasteiger partial charge in [-0.25, -0.2) is 21.9 Å². The van der Waals surface area contributed by atoms with E-state index in [9.17, 15) is 31.6 Å². The predicted molar refractivity (Wildman–Crippen MR) is 226 cm³/mol. The second-order valence-electron chi connectivity index (χ2n) is 15.2. The fourth-order valence-electron chi connectivity index (χ4n) is 5.91. The van der Waals surface area contributed by atoms with E-state index in [0.29, 0.717) is 64.7 Å². The molecule has 0 saturated carbocycles. The number of nitrogens with zero attached hydrogens (tertiary/aromatic N) is 2. The zero-order valence-electron chi connectivity index (χ0n) is 32.5. The summed E-state index contributed by atoms with van der Waals surface area (Å²) in [6, 6.07) is 7.72. The van der Waals surface area contributed by atoms with Crippen molar-refractivity contribution in [3.63, 3.8) is 0 Å². The van der Waals surface area contributed by atoms with Crippen LogP contribution in [0, 0.1) is 11.6 Å². The fraction of sp³-hybridized carbons (Fsp3) is 0.395. The lowest BCUT2D eigenvalue weighted by atomic mass is 10.1. The van der Waals surface area contributed by atoms with Crippen molar-refractivity contribution < 1.29 is 31.6 Å². The second-order valence-corrected chi connectivity index (χ2v) is 20.6. The molecule has 0 spiro atoms. The minimum atomic E-state index is -1.26. The summed E-state index contributed by atoms with van der Waals surface area (Å²) in [5.41, 5.74) is 4.26. The molecule has 2 heterocycles. The van der Waals surface area contributed by atoms with Crippen LogP contribution in [0.3, 0.4) is 0 Å². The van der Waals surface area contributed by atoms with Crippen LogP contribution >= 0.6 is 46.4 Å². The van der Waals surface area contributed by atoms with E-state index in [1.54, 1.807) is 18.7 Å². The van der Waals surface area contributed by atoms with Crippen molar-refractivity contribution in [3.05, 3.63) is 102 Å². The van der Waals surface area contributed by atoms with Crippen LogP contribution in [0.5, 0.6) is 0 Å². The molecule has 11 nitrogen and oxygen atoms in total. The molecule has 4 aromatic rings. The summed E-state index contributed by atoms with van der Waals surface area (Å²) in [6.07, 6.45) is 2.19. The van der Waals surface area contributed by atoms with Crippen LogP contribution in [-0.4, -0.2) is 44.6 Å². The van der Waals surface area contributed by atoms with Gasteiger partial charge in [0, 0.05) is 43.5 Å². The van der Waals surface area contributed by atoms with Gasteiger partial charge in [-0.1, -0.05) is 46.4 Å². The molecule has 0 radical (unpaired) electrons. The summed E-state index contributed by atoms with van der Waals surface area (Å²) in [7, 11) is 0.900. The lowest BCUT2D eigenvalue weighted by Gasteiger charge is -2.22. The van der Waals surface area contributed by atoms with Crippen LogP contribution in [0.25, 0.3) is 0 Å². The summed E-state index contributed by atoms with van der Waals surface area (Å²) in [5, 5.41) is 11.0. The molecule has 3 atom stereocenters. The first kappa shape index (κ1) is 46.5. The van der Waals surface area contributed by atoms with E-state index in [1.807, 2.05) is 41.5 Å². The van der Waals surface area contributed by atoms with Crippen molar-refractivity contribution in [2.24, 2.45) is 19.2 Å². The van der Waals surface area contributed by atoms with Crippen LogP contribution in [0.2, 0.25) is 20.4 Å². The number of ketones is 1. The lowest BCUT2D eigenvalue weighted by molar-refractivity contribution is 0.0989. The van der Waals surface area contributed by atoms with Gasteiger partial charge < -0.3 is 19.8 Å². The number of rotatable bonds is 6. The number of hydrogen-bond donors (Lipinski definition) is 4. The molecule has 0 saturated heterocycles. The molecule has 0 aliphatic heterocycles. The summed E-state index contributed by atoms with van der Waals surface area (Å²) in [4.78, 5) is 37.2. The number of halogens is 6. The minimum Gasteiger partial charge on any atom is -0.330 e. The molecule has 0 bridgehead atoms. The van der Waals surface area contributed by atoms with Gasteiger partial charge in [0.05, 0.1) is 47.1 Å². The average Bonchev–Trinajstić information content (AvgIpc) is 3.82. The molecular formula is C38H44Cl4F2N6O5S2. The van der Waals surface area contributed by atoms with Gasteiger partial charge in [0.1, 0.15) is 33.3 Å². The Bertz CT molecular complexity index is 2280. The summed E-state index contributed by atoms with van der Waals surface area (Å²) < 4.78 is 54.9. The van der Waals surface area contributed by atoms with E-state index in [2.05, 4.69) is 15.4 Å². The third kappa shape index (κ3) is 10.7. The number of fused-ring (bicyclic) bond motifs is 2. The Labute approximate surface area is 355 Å². The molecule has 19 heteroatoms. The van der Waals surface area contributed by atoms with Crippen LogP contribution in [0.4, 0.5) is 20.2 Å². The van der Waals surface area contributed by atoms with Crippen molar-refractivity contribution in [2.45, 2.75) is 82.8 Å². The number of amides is 2. The highest BCUT2D eigenvalue weighted by Gasteiger charge is 2.36. The Morgan fingerprint density at radius 2 is 1.21 bits per heavy atom. The van der Waals surface area contributed by atoms with Gasteiger partial charge in [-0.3, -0.25) is 19.5 Å². The van der Waals surface area contributed by atoms with Gasteiger partial charge >= 0.3 is 0 Å². The van der Waals surface area contributed by atoms with Crippen LogP contribution in [0.1, 0.15) is 108 Å². The van der Waals surface area contributed by atoms with E-state index in [0.717, 1.165) is 11.1 Å². The van der Waals surface area contributed by atoms with E-state index in [-0.39, 0.29) is 37.7 Å². The number of anilines is 2. The second kappa shape index (κ2) is 18.4. The molecule has 6 rings (SSSR count). The molecule has 2 amide bonds. The van der Waals surface area contributed by atoms with Crippen LogP contribution in [0.15, 0.2) is 36.4 Å². The monoisotopic (exact) mass is 906 g/mol. The first-order valence-corrected chi connectivity index (χ1v) is 21.4. The maximum absolute atomic E-state index is 13.3. The maximum atomic E-state index is 13.3. The molecular weight excluding hydrogens is 864 g/mol. The molecule has 3 unspecified atom stereocenters. The molecule has 2 aromatic heterocycles. The molecule has 2 aliphatic rings. The Morgan fingerprint density at radius 3 is 1.65 bits per heavy atom. The van der Waals surface area contributed by atoms with Crippen molar-refractivity contribution in [1.82, 2.24) is 13.9 Å². The van der Waals surface area contributed by atoms with E-state index < -0.39 is 44.3 Å². The predicted octanol–water partition coefficient (Wildman–Crippen LogP) is 9.02. The van der Waals surface area contributed by atoms with E-state index in [1.165, 1.54) is 41.0 Å². The van der Waals surface area contributed by atoms with Gasteiger partial charge in [0.25, 0.3) is 11.8 Å². The fourth-order valence-corrected chi connectivity index (χ4v) is 7.75. The zero-order valence-corrected chi connectivity index (χ0v) is 37.1. The molecule has 2 aromatic carbocycles. The van der Waals surface area contributed by atoms with E-state index >= 15 is 0 Å². The average molecular weight is 909 g/mol. The van der Waals surface area contributed by atoms with Crippen LogP contribution in [-0.2, 0) is 48.9 Å². The molecule has 310 valence electrons. The molecule has 57 heavy (non-hydrogen) atoms. The van der Waals surface area contributed by atoms with Crippen molar-refractivity contribution in [3.8, 4) is 0 Å². The number of carbonyl (C=O) groups excluding carboxylic acids is 3. The highest BCUT2D eigenvalue weighted by molar-refractivity contribution is 7.84. The number of hydrogen-bond acceptors (Lipinski definition) is 5. The van der Waals surface area contributed by atoms with Gasteiger partial charge in [-0.2, -0.15) is 0 Å². The zero-order chi connectivity index (χ0) is 42.9. The smallest absolute Gasteiger partial charge is 0.272 e. The first-order chi connectivity index (χ1) is 26.3. The Morgan fingerprint density at radius 1 is 0.754 bits per heavy atom. The highest BCUT2D eigenvalue weighted by Crippen LogP contribution is 2.41. The summed E-state index contributed by atoms with van der Waals surface area (Å²) in [5.74, 6) is -1.94. The van der Waals surface area contributed by atoms with Crippen molar-refractivity contribution >= 4 is 97.3 Å². The lowest BCUT2D eigenvalue weighted by Crippen LogP contribution is -2.35. The van der Waals surface area contributed by atoms with Crippen molar-refractivity contribution in [2.75, 3.05) is 10.6 Å². The number of Topliss-reactive ketones (excluding diaryl/α,β-unsaturated/α-hetero) is 1. The van der Waals surface area contributed by atoms with Gasteiger partial charge in [-0.15, -0.1) is 0 Å². The van der Waals surface area contributed by atoms with Gasteiger partial charge in [0.15, 0.2) is 5.78 Å². The number of nitrogens with one attached hydrogen (secondary N) is 3. The SMILES string of the molecule is CC(C)(C)S(N)=O.Cn1c(Cl)c2c(c1C(=O)Nc1ccc(F)c(Cl)c1)CCC2=O.Cn1c(Cl)c2c(c1C(=O)Nc1ccc(F)c(Cl)c1)CCC2NS(=O)C(C)(C)C. The number of aromatic nitrogens is 2. The first-order valence-electron chi connectivity index (χ1n) is 17.5. The normalized spacial score (nSPS) is 15.8. The number of nitrogens with two attached hydrogens (primary N) is 1. The molecule has 0 fully saturated rings. The third-order valence-corrected chi connectivity index (χ3v) is 13.3.